The minimum absolute atomic E-state index is 0.0130. The first-order valence-corrected chi connectivity index (χ1v) is 12.5. The second kappa shape index (κ2) is 8.04. The Morgan fingerprint density at radius 2 is 1.81 bits per heavy atom. The smallest absolute Gasteiger partial charge is 0.243 e. The van der Waals surface area contributed by atoms with Crippen molar-refractivity contribution >= 4 is 15.9 Å². The molecule has 2 aromatic carbocycles. The quantitative estimate of drug-likeness (QED) is 0.733. The number of fused-ring (bicyclic) bond motifs is 1. The molecule has 1 spiro atoms. The summed E-state index contributed by atoms with van der Waals surface area (Å²) < 4.78 is 34.5. The predicted molar refractivity (Wildman–Crippen MR) is 117 cm³/mol. The van der Waals surface area contributed by atoms with Crippen LogP contribution in [0.5, 0.6) is 0 Å². The van der Waals surface area contributed by atoms with Gasteiger partial charge >= 0.3 is 0 Å². The minimum atomic E-state index is -3.69. The zero-order chi connectivity index (χ0) is 21.5. The molecule has 31 heavy (non-hydrogen) atoms. The Morgan fingerprint density at radius 3 is 2.58 bits per heavy atom. The molecule has 6 nitrogen and oxygen atoms in total. The molecule has 2 saturated heterocycles. The second-order valence-corrected chi connectivity index (χ2v) is 10.8. The van der Waals surface area contributed by atoms with Crippen molar-refractivity contribution in [3.05, 3.63) is 65.2 Å². The van der Waals surface area contributed by atoms with Crippen molar-refractivity contribution in [2.24, 2.45) is 0 Å². The van der Waals surface area contributed by atoms with Gasteiger partial charge in [-0.15, -0.1) is 0 Å². The Balaban J connectivity index is 1.47. The number of hydrogen-bond donors (Lipinski definition) is 0. The Labute approximate surface area is 183 Å². The van der Waals surface area contributed by atoms with Crippen molar-refractivity contribution in [3.63, 3.8) is 0 Å². The third-order valence-corrected chi connectivity index (χ3v) is 8.73. The third kappa shape index (κ3) is 3.79. The second-order valence-electron chi connectivity index (χ2n) is 8.87. The average Bonchev–Trinajstić information content (AvgIpc) is 3.42. The van der Waals surface area contributed by atoms with Gasteiger partial charge < -0.3 is 9.64 Å². The van der Waals surface area contributed by atoms with Gasteiger partial charge in [-0.1, -0.05) is 36.4 Å². The molecule has 2 fully saturated rings. The van der Waals surface area contributed by atoms with Crippen molar-refractivity contribution in [3.8, 4) is 0 Å². The van der Waals surface area contributed by atoms with E-state index in [0.29, 0.717) is 31.1 Å². The van der Waals surface area contributed by atoms with E-state index >= 15 is 0 Å². The lowest BCUT2D eigenvalue weighted by Gasteiger charge is -2.40. The van der Waals surface area contributed by atoms with Crippen LogP contribution in [0, 0.1) is 0 Å². The highest BCUT2D eigenvalue weighted by molar-refractivity contribution is 7.89. The molecule has 3 aliphatic rings. The van der Waals surface area contributed by atoms with Crippen LogP contribution in [0.15, 0.2) is 53.4 Å². The molecule has 0 radical (unpaired) electrons. The molecular formula is C24H28N2O4S. The van der Waals surface area contributed by atoms with Crippen molar-refractivity contribution in [2.45, 2.75) is 49.1 Å². The fourth-order valence-electron chi connectivity index (χ4n) is 5.13. The van der Waals surface area contributed by atoms with Gasteiger partial charge in [0, 0.05) is 32.7 Å². The normalized spacial score (nSPS) is 24.5. The summed E-state index contributed by atoms with van der Waals surface area (Å²) in [6, 6.07) is 15.4. The van der Waals surface area contributed by atoms with Gasteiger partial charge in [0.05, 0.1) is 17.0 Å². The van der Waals surface area contributed by atoms with Crippen molar-refractivity contribution in [1.29, 1.82) is 0 Å². The van der Waals surface area contributed by atoms with E-state index in [1.807, 2.05) is 47.4 Å². The standard InChI is InChI=1S/C24H28N2O4S/c27-23-11-13-25(31(28,29)22-10-9-20-7-4-8-21(20)15-22)17-24(12-14-30-18-24)26(23)16-19-5-2-1-3-6-19/h1-3,5-6,9-10,15H,4,7-8,11-14,16-18H2. The summed E-state index contributed by atoms with van der Waals surface area (Å²) in [5.74, 6) is -0.0130. The molecule has 0 bridgehead atoms. The zero-order valence-corrected chi connectivity index (χ0v) is 18.4. The Morgan fingerprint density at radius 1 is 1.00 bits per heavy atom. The van der Waals surface area contributed by atoms with Gasteiger partial charge in [-0.2, -0.15) is 4.31 Å². The van der Waals surface area contributed by atoms with Gasteiger partial charge in [0.2, 0.25) is 15.9 Å². The van der Waals surface area contributed by atoms with Crippen LogP contribution >= 0.6 is 0 Å². The van der Waals surface area contributed by atoms with Crippen LogP contribution in [0.2, 0.25) is 0 Å². The van der Waals surface area contributed by atoms with E-state index in [9.17, 15) is 13.2 Å². The van der Waals surface area contributed by atoms with E-state index in [0.717, 1.165) is 30.4 Å². The van der Waals surface area contributed by atoms with Gasteiger partial charge in [-0.05, 0) is 54.5 Å². The summed E-state index contributed by atoms with van der Waals surface area (Å²) >= 11 is 0. The minimum Gasteiger partial charge on any atom is -0.379 e. The molecule has 7 heteroatoms. The van der Waals surface area contributed by atoms with Crippen LogP contribution < -0.4 is 0 Å². The summed E-state index contributed by atoms with van der Waals surface area (Å²) in [5.41, 5.74) is 2.79. The van der Waals surface area contributed by atoms with E-state index < -0.39 is 15.6 Å². The highest BCUT2D eigenvalue weighted by atomic mass is 32.2. The molecule has 1 atom stereocenters. The van der Waals surface area contributed by atoms with Gasteiger partial charge in [-0.25, -0.2) is 8.42 Å². The van der Waals surface area contributed by atoms with Gasteiger partial charge in [0.15, 0.2) is 0 Å². The number of rotatable bonds is 4. The number of benzene rings is 2. The Hall–Kier alpha value is -2.22. The molecule has 164 valence electrons. The van der Waals surface area contributed by atoms with Crippen molar-refractivity contribution in [1.82, 2.24) is 9.21 Å². The maximum atomic E-state index is 13.6. The van der Waals surface area contributed by atoms with Crippen LogP contribution in [0.1, 0.15) is 36.0 Å². The first-order chi connectivity index (χ1) is 15.0. The molecule has 0 saturated carbocycles. The van der Waals surface area contributed by atoms with E-state index in [2.05, 4.69) is 0 Å². The summed E-state index contributed by atoms with van der Waals surface area (Å²) in [6.45, 7) is 1.83. The van der Waals surface area contributed by atoms with Gasteiger partial charge in [0.25, 0.3) is 0 Å². The molecule has 5 rings (SSSR count). The summed E-state index contributed by atoms with van der Waals surface area (Å²) in [4.78, 5) is 15.4. The maximum Gasteiger partial charge on any atom is 0.243 e. The zero-order valence-electron chi connectivity index (χ0n) is 17.6. The number of amides is 1. The molecule has 2 aliphatic heterocycles. The fourth-order valence-corrected chi connectivity index (χ4v) is 6.70. The van der Waals surface area contributed by atoms with Crippen LogP contribution in [0.4, 0.5) is 0 Å². The molecular weight excluding hydrogens is 412 g/mol. The number of carbonyl (C=O) groups excluding carboxylic acids is 1. The Bertz CT molecular complexity index is 1080. The van der Waals surface area contributed by atoms with E-state index in [4.69, 9.17) is 4.74 Å². The van der Waals surface area contributed by atoms with Crippen LogP contribution in [-0.2, 0) is 38.9 Å². The van der Waals surface area contributed by atoms with E-state index in [1.54, 1.807) is 6.07 Å². The van der Waals surface area contributed by atoms with Crippen LogP contribution in [0.3, 0.4) is 0 Å². The first kappa shape index (κ1) is 20.7. The average molecular weight is 441 g/mol. The van der Waals surface area contributed by atoms with Crippen molar-refractivity contribution in [2.75, 3.05) is 26.3 Å². The first-order valence-electron chi connectivity index (χ1n) is 11.0. The lowest BCUT2D eigenvalue weighted by Crippen LogP contribution is -2.56. The number of ether oxygens (including phenoxy) is 1. The number of aryl methyl sites for hydroxylation is 2. The number of hydrogen-bond acceptors (Lipinski definition) is 4. The lowest BCUT2D eigenvalue weighted by molar-refractivity contribution is -0.137. The molecule has 1 amide bonds. The summed E-state index contributed by atoms with van der Waals surface area (Å²) in [7, 11) is -3.69. The predicted octanol–water partition coefficient (Wildman–Crippen LogP) is 2.76. The largest absolute Gasteiger partial charge is 0.379 e. The maximum absolute atomic E-state index is 13.6. The Kier molecular flexibility index (Phi) is 5.36. The highest BCUT2D eigenvalue weighted by Gasteiger charge is 2.48. The number of sulfonamides is 1. The fraction of sp³-hybridized carbons (Fsp3) is 0.458. The highest BCUT2D eigenvalue weighted by Crippen LogP contribution is 2.35. The molecule has 2 aromatic rings. The number of nitrogens with zero attached hydrogens (tertiary/aromatic N) is 2. The molecule has 1 aliphatic carbocycles. The van der Waals surface area contributed by atoms with Crippen LogP contribution in [0.25, 0.3) is 0 Å². The van der Waals surface area contributed by atoms with Gasteiger partial charge in [-0.3, -0.25) is 4.79 Å². The summed E-state index contributed by atoms with van der Waals surface area (Å²) in [6.07, 6.45) is 3.84. The lowest BCUT2D eigenvalue weighted by atomic mass is 9.95. The molecule has 1 unspecified atom stereocenters. The number of carbonyl (C=O) groups is 1. The van der Waals surface area contributed by atoms with Crippen LogP contribution in [-0.4, -0.2) is 55.4 Å². The van der Waals surface area contributed by atoms with Gasteiger partial charge in [0.1, 0.15) is 0 Å². The monoisotopic (exact) mass is 440 g/mol. The van der Waals surface area contributed by atoms with E-state index in [1.165, 1.54) is 9.87 Å². The third-order valence-electron chi connectivity index (χ3n) is 6.89. The molecule has 0 aromatic heterocycles. The molecule has 2 heterocycles. The topological polar surface area (TPSA) is 66.9 Å². The molecule has 0 N–H and O–H groups in total. The van der Waals surface area contributed by atoms with E-state index in [-0.39, 0.29) is 25.4 Å². The van der Waals surface area contributed by atoms with Crippen molar-refractivity contribution < 1.29 is 17.9 Å². The SMILES string of the molecule is O=C1CCN(S(=O)(=O)c2ccc3c(c2)CCC3)CC2(CCOC2)N1Cc1ccccc1. The summed E-state index contributed by atoms with van der Waals surface area (Å²) in [5, 5.41) is 0.